The Morgan fingerprint density at radius 3 is 2.18 bits per heavy atom. The molecule has 0 spiro atoms. The van der Waals surface area contributed by atoms with Gasteiger partial charge in [-0.25, -0.2) is 0 Å². The summed E-state index contributed by atoms with van der Waals surface area (Å²) < 4.78 is 10.9. The first-order valence-electron chi connectivity index (χ1n) is 9.15. The van der Waals surface area contributed by atoms with Crippen LogP contribution in [0.3, 0.4) is 0 Å². The lowest BCUT2D eigenvalue weighted by Crippen LogP contribution is -2.03. The fourth-order valence-electron chi connectivity index (χ4n) is 3.31. The van der Waals surface area contributed by atoms with Crippen molar-refractivity contribution in [3.05, 3.63) is 82.9 Å². The van der Waals surface area contributed by atoms with E-state index in [9.17, 15) is 9.90 Å². The Hall–Kier alpha value is -3.11. The molecule has 0 aliphatic heterocycles. The molecule has 28 heavy (non-hydrogen) atoms. The second-order valence-electron chi connectivity index (χ2n) is 6.56. The van der Waals surface area contributed by atoms with Gasteiger partial charge in [-0.3, -0.25) is 4.79 Å². The van der Waals surface area contributed by atoms with Crippen molar-refractivity contribution in [2.24, 2.45) is 0 Å². The van der Waals surface area contributed by atoms with Crippen molar-refractivity contribution < 1.29 is 19.4 Å². The molecule has 0 saturated carbocycles. The van der Waals surface area contributed by atoms with E-state index in [-0.39, 0.29) is 12.4 Å². The Kier molecular flexibility index (Phi) is 6.12. The topological polar surface area (TPSA) is 55.8 Å². The van der Waals surface area contributed by atoms with Crippen LogP contribution in [0.25, 0.3) is 11.1 Å². The van der Waals surface area contributed by atoms with Crippen LogP contribution in [0.4, 0.5) is 0 Å². The number of aliphatic hydroxyl groups excluding tert-OH is 1. The molecule has 0 amide bonds. The summed E-state index contributed by atoms with van der Waals surface area (Å²) in [4.78, 5) is 12.9. The van der Waals surface area contributed by atoms with Crippen molar-refractivity contribution in [3.63, 3.8) is 0 Å². The van der Waals surface area contributed by atoms with Crippen LogP contribution in [0.5, 0.6) is 11.5 Å². The van der Waals surface area contributed by atoms with Gasteiger partial charge in [0.1, 0.15) is 0 Å². The quantitative estimate of drug-likeness (QED) is 0.619. The summed E-state index contributed by atoms with van der Waals surface area (Å²) in [6.45, 7) is 2.02. The summed E-state index contributed by atoms with van der Waals surface area (Å²) in [7, 11) is 3.18. The first kappa shape index (κ1) is 19.6. The zero-order valence-corrected chi connectivity index (χ0v) is 16.4. The van der Waals surface area contributed by atoms with E-state index in [4.69, 9.17) is 9.47 Å². The van der Waals surface area contributed by atoms with Crippen LogP contribution in [-0.4, -0.2) is 31.7 Å². The average molecular weight is 376 g/mol. The van der Waals surface area contributed by atoms with Gasteiger partial charge in [0.25, 0.3) is 0 Å². The van der Waals surface area contributed by atoms with Crippen molar-refractivity contribution >= 4 is 5.78 Å². The summed E-state index contributed by atoms with van der Waals surface area (Å²) in [6, 6.07) is 18.7. The maximum atomic E-state index is 12.9. The van der Waals surface area contributed by atoms with Crippen molar-refractivity contribution in [3.8, 4) is 22.6 Å². The Balaban J connectivity index is 2.14. The van der Waals surface area contributed by atoms with Crippen LogP contribution in [0.2, 0.25) is 0 Å². The van der Waals surface area contributed by atoms with E-state index in [0.29, 0.717) is 29.0 Å². The van der Waals surface area contributed by atoms with Crippen molar-refractivity contribution in [1.82, 2.24) is 0 Å². The molecule has 0 heterocycles. The smallest absolute Gasteiger partial charge is 0.193 e. The second kappa shape index (κ2) is 8.72. The number of hydrogen-bond acceptors (Lipinski definition) is 4. The van der Waals surface area contributed by atoms with Crippen LogP contribution in [0.1, 0.15) is 27.0 Å². The monoisotopic (exact) mass is 376 g/mol. The predicted molar refractivity (Wildman–Crippen MR) is 110 cm³/mol. The highest BCUT2D eigenvalue weighted by atomic mass is 16.5. The third kappa shape index (κ3) is 3.92. The van der Waals surface area contributed by atoms with Gasteiger partial charge in [-0.15, -0.1) is 0 Å². The van der Waals surface area contributed by atoms with Crippen molar-refractivity contribution in [2.45, 2.75) is 13.3 Å². The number of carbonyl (C=O) groups is 1. The highest BCUT2D eigenvalue weighted by molar-refractivity contribution is 6.09. The summed E-state index contributed by atoms with van der Waals surface area (Å²) in [5.41, 5.74) is 5.11. The van der Waals surface area contributed by atoms with Gasteiger partial charge in [-0.05, 0) is 53.8 Å². The molecule has 0 saturated heterocycles. The summed E-state index contributed by atoms with van der Waals surface area (Å²) >= 11 is 0. The van der Waals surface area contributed by atoms with E-state index in [1.54, 1.807) is 14.2 Å². The van der Waals surface area contributed by atoms with Gasteiger partial charge in [0.05, 0.1) is 14.2 Å². The number of rotatable bonds is 7. The van der Waals surface area contributed by atoms with Crippen molar-refractivity contribution in [2.75, 3.05) is 20.8 Å². The number of carbonyl (C=O) groups excluding carboxylic acids is 1. The first-order chi connectivity index (χ1) is 13.6. The number of benzene rings is 3. The molecule has 4 nitrogen and oxygen atoms in total. The van der Waals surface area contributed by atoms with Gasteiger partial charge in [0, 0.05) is 17.7 Å². The largest absolute Gasteiger partial charge is 0.493 e. The third-order valence-corrected chi connectivity index (χ3v) is 4.82. The van der Waals surface area contributed by atoms with E-state index < -0.39 is 0 Å². The fourth-order valence-corrected chi connectivity index (χ4v) is 3.31. The number of methoxy groups -OCH3 is 2. The van der Waals surface area contributed by atoms with Crippen LogP contribution in [0.15, 0.2) is 60.7 Å². The third-order valence-electron chi connectivity index (χ3n) is 4.82. The van der Waals surface area contributed by atoms with Gasteiger partial charge in [-0.1, -0.05) is 42.5 Å². The van der Waals surface area contributed by atoms with Gasteiger partial charge < -0.3 is 14.6 Å². The standard InChI is InChI=1S/C24H24O4/c1-16-9-10-19(24(26)17-7-5-4-6-8-17)13-20(16)21-15-23(28-3)22(27-2)14-18(21)11-12-25/h4-10,13-15,25H,11-12H2,1-3H3. The van der Waals surface area contributed by atoms with E-state index in [2.05, 4.69) is 0 Å². The molecular formula is C24H24O4. The van der Waals surface area contributed by atoms with E-state index in [1.165, 1.54) is 0 Å². The normalized spacial score (nSPS) is 10.6. The highest BCUT2D eigenvalue weighted by Crippen LogP contribution is 2.37. The Morgan fingerprint density at radius 1 is 0.857 bits per heavy atom. The molecule has 0 bridgehead atoms. The number of aryl methyl sites for hydroxylation is 1. The fraction of sp³-hybridized carbons (Fsp3) is 0.208. The summed E-state index contributed by atoms with van der Waals surface area (Å²) in [5.74, 6) is 1.20. The highest BCUT2D eigenvalue weighted by Gasteiger charge is 2.16. The molecular weight excluding hydrogens is 352 g/mol. The van der Waals surface area contributed by atoms with E-state index >= 15 is 0 Å². The van der Waals surface area contributed by atoms with Crippen LogP contribution in [-0.2, 0) is 6.42 Å². The molecule has 0 aliphatic carbocycles. The van der Waals surface area contributed by atoms with E-state index in [0.717, 1.165) is 22.3 Å². The molecule has 1 N–H and O–H groups in total. The lowest BCUT2D eigenvalue weighted by atomic mass is 9.91. The SMILES string of the molecule is COc1cc(CCO)c(-c2cc(C(=O)c3ccccc3)ccc2C)cc1OC. The average Bonchev–Trinajstić information content (AvgIpc) is 2.74. The molecule has 0 fully saturated rings. The lowest BCUT2D eigenvalue weighted by molar-refractivity contribution is 0.103. The maximum absolute atomic E-state index is 12.9. The van der Waals surface area contributed by atoms with Crippen molar-refractivity contribution in [1.29, 1.82) is 0 Å². The molecule has 144 valence electrons. The maximum Gasteiger partial charge on any atom is 0.193 e. The number of aliphatic hydroxyl groups is 1. The Morgan fingerprint density at radius 2 is 1.54 bits per heavy atom. The molecule has 0 atom stereocenters. The minimum absolute atomic E-state index is 0.0180. The minimum Gasteiger partial charge on any atom is -0.493 e. The Bertz CT molecular complexity index is 977. The zero-order valence-electron chi connectivity index (χ0n) is 16.4. The lowest BCUT2D eigenvalue weighted by Gasteiger charge is -2.17. The summed E-state index contributed by atoms with van der Waals surface area (Å²) in [5, 5.41) is 9.52. The molecule has 3 rings (SSSR count). The number of hydrogen-bond donors (Lipinski definition) is 1. The van der Waals surface area contributed by atoms with Crippen LogP contribution in [0, 0.1) is 6.92 Å². The molecule has 0 aliphatic rings. The molecule has 0 radical (unpaired) electrons. The zero-order chi connectivity index (χ0) is 20.1. The van der Waals surface area contributed by atoms with Gasteiger partial charge in [0.15, 0.2) is 17.3 Å². The first-order valence-corrected chi connectivity index (χ1v) is 9.15. The molecule has 0 unspecified atom stereocenters. The number of ketones is 1. The van der Waals surface area contributed by atoms with Crippen LogP contribution < -0.4 is 9.47 Å². The Labute approximate surface area is 165 Å². The predicted octanol–water partition coefficient (Wildman–Crippen LogP) is 4.45. The van der Waals surface area contributed by atoms with Gasteiger partial charge >= 0.3 is 0 Å². The minimum atomic E-state index is -0.0222. The molecule has 3 aromatic rings. The second-order valence-corrected chi connectivity index (χ2v) is 6.56. The summed E-state index contributed by atoms with van der Waals surface area (Å²) in [6.07, 6.45) is 0.478. The molecule has 0 aromatic heterocycles. The molecule has 3 aromatic carbocycles. The van der Waals surface area contributed by atoms with E-state index in [1.807, 2.05) is 67.6 Å². The number of ether oxygens (including phenoxy) is 2. The van der Waals surface area contributed by atoms with Gasteiger partial charge in [0.2, 0.25) is 0 Å². The van der Waals surface area contributed by atoms with Crippen LogP contribution >= 0.6 is 0 Å². The molecule has 4 heteroatoms. The van der Waals surface area contributed by atoms with Gasteiger partial charge in [-0.2, -0.15) is 0 Å².